The van der Waals surface area contributed by atoms with Crippen molar-refractivity contribution in [3.63, 3.8) is 0 Å². The molecule has 0 saturated carbocycles. The van der Waals surface area contributed by atoms with Crippen LogP contribution in [0.1, 0.15) is 13.8 Å². The van der Waals surface area contributed by atoms with Crippen molar-refractivity contribution in [3.8, 4) is 0 Å². The lowest BCUT2D eigenvalue weighted by Gasteiger charge is -2.15. The zero-order valence-corrected chi connectivity index (χ0v) is 5.63. The van der Waals surface area contributed by atoms with Gasteiger partial charge in [-0.15, -0.1) is 0 Å². The fourth-order valence-electron chi connectivity index (χ4n) is 0.267. The van der Waals surface area contributed by atoms with E-state index in [9.17, 15) is 0 Å². The SMILES string of the molecule is C/N=C\N(N)C(C)C. The van der Waals surface area contributed by atoms with E-state index in [2.05, 4.69) is 4.99 Å². The van der Waals surface area contributed by atoms with Crippen molar-refractivity contribution in [1.82, 2.24) is 5.01 Å². The highest BCUT2D eigenvalue weighted by atomic mass is 15.4. The minimum absolute atomic E-state index is 0.332. The summed E-state index contributed by atoms with van der Waals surface area (Å²) in [6.45, 7) is 4.00. The predicted molar refractivity (Wildman–Crippen MR) is 35.6 cm³/mol. The molecule has 0 aliphatic carbocycles. The maximum Gasteiger partial charge on any atom is 0.0989 e. The van der Waals surface area contributed by atoms with Gasteiger partial charge in [-0.1, -0.05) is 0 Å². The molecule has 0 fully saturated rings. The van der Waals surface area contributed by atoms with E-state index in [0.29, 0.717) is 6.04 Å². The van der Waals surface area contributed by atoms with Gasteiger partial charge in [0.1, 0.15) is 0 Å². The molecule has 0 aromatic rings. The summed E-state index contributed by atoms with van der Waals surface area (Å²) in [4.78, 5) is 3.73. The number of rotatable bonds is 2. The summed E-state index contributed by atoms with van der Waals surface area (Å²) in [6, 6.07) is 0.332. The molecule has 0 aliphatic rings. The largest absolute Gasteiger partial charge is 0.299 e. The molecule has 0 aromatic carbocycles. The Morgan fingerprint density at radius 2 is 2.12 bits per heavy atom. The topological polar surface area (TPSA) is 41.6 Å². The molecule has 0 atom stereocenters. The second-order valence-electron chi connectivity index (χ2n) is 1.91. The van der Waals surface area contributed by atoms with Gasteiger partial charge in [-0.05, 0) is 13.8 Å². The van der Waals surface area contributed by atoms with Crippen LogP contribution in [0.4, 0.5) is 0 Å². The third-order valence-corrected chi connectivity index (χ3v) is 0.845. The lowest BCUT2D eigenvalue weighted by molar-refractivity contribution is 0.374. The number of aliphatic imine (C=N–C) groups is 1. The lowest BCUT2D eigenvalue weighted by Crippen LogP contribution is -2.35. The van der Waals surface area contributed by atoms with E-state index >= 15 is 0 Å². The minimum Gasteiger partial charge on any atom is -0.299 e. The van der Waals surface area contributed by atoms with Crippen molar-refractivity contribution >= 4 is 6.34 Å². The molecule has 2 N–H and O–H groups in total. The fourth-order valence-corrected chi connectivity index (χ4v) is 0.267. The molecule has 0 heterocycles. The quantitative estimate of drug-likeness (QED) is 0.242. The Labute approximate surface area is 50.2 Å². The first kappa shape index (κ1) is 7.43. The van der Waals surface area contributed by atoms with Crippen LogP contribution < -0.4 is 5.84 Å². The molecular formula is C5H13N3. The molecule has 0 aromatic heterocycles. The van der Waals surface area contributed by atoms with Gasteiger partial charge in [0.15, 0.2) is 0 Å². The van der Waals surface area contributed by atoms with E-state index in [1.54, 1.807) is 18.4 Å². The van der Waals surface area contributed by atoms with Crippen LogP contribution in [0.5, 0.6) is 0 Å². The van der Waals surface area contributed by atoms with Gasteiger partial charge in [0.25, 0.3) is 0 Å². The van der Waals surface area contributed by atoms with Crippen LogP contribution in [0.15, 0.2) is 4.99 Å². The molecule has 0 aliphatic heterocycles. The van der Waals surface area contributed by atoms with Crippen molar-refractivity contribution in [3.05, 3.63) is 0 Å². The second-order valence-corrected chi connectivity index (χ2v) is 1.91. The van der Waals surface area contributed by atoms with Gasteiger partial charge in [-0.2, -0.15) is 0 Å². The standard InChI is InChI=1S/C5H13N3/c1-5(2)8(6)4-7-3/h4-5H,6H2,1-3H3/b7-4-. The van der Waals surface area contributed by atoms with E-state index in [-0.39, 0.29) is 0 Å². The van der Waals surface area contributed by atoms with Crippen molar-refractivity contribution in [2.24, 2.45) is 10.8 Å². The smallest absolute Gasteiger partial charge is 0.0989 e. The Balaban J connectivity index is 3.47. The first-order chi connectivity index (χ1) is 3.68. The van der Waals surface area contributed by atoms with Crippen molar-refractivity contribution in [2.75, 3.05) is 7.05 Å². The van der Waals surface area contributed by atoms with Crippen LogP contribution in [0.2, 0.25) is 0 Å². The molecule has 0 radical (unpaired) electrons. The summed E-state index contributed by atoms with van der Waals surface area (Å²) in [5.74, 6) is 5.41. The molecule has 0 amide bonds. The Kier molecular flexibility index (Phi) is 3.19. The number of hydrazine groups is 1. The molecule has 48 valence electrons. The molecule has 0 bridgehead atoms. The van der Waals surface area contributed by atoms with Crippen LogP contribution in [-0.2, 0) is 0 Å². The fraction of sp³-hybridized carbons (Fsp3) is 0.800. The first-order valence-corrected chi connectivity index (χ1v) is 2.63. The summed E-state index contributed by atoms with van der Waals surface area (Å²) >= 11 is 0. The molecule has 0 rings (SSSR count). The molecule has 0 saturated heterocycles. The molecule has 3 heteroatoms. The van der Waals surface area contributed by atoms with Gasteiger partial charge in [0.2, 0.25) is 0 Å². The van der Waals surface area contributed by atoms with Crippen LogP contribution in [0.25, 0.3) is 0 Å². The highest BCUT2D eigenvalue weighted by Gasteiger charge is 1.94. The van der Waals surface area contributed by atoms with Crippen molar-refractivity contribution in [2.45, 2.75) is 19.9 Å². The number of hydrogen-bond donors (Lipinski definition) is 1. The third kappa shape index (κ3) is 2.58. The number of hydrogen-bond acceptors (Lipinski definition) is 2. The van der Waals surface area contributed by atoms with Gasteiger partial charge in [-0.25, -0.2) is 5.84 Å². The van der Waals surface area contributed by atoms with Gasteiger partial charge in [0, 0.05) is 13.1 Å². The maximum atomic E-state index is 5.41. The van der Waals surface area contributed by atoms with Gasteiger partial charge in [0.05, 0.1) is 6.34 Å². The normalized spacial score (nSPS) is 11.1. The van der Waals surface area contributed by atoms with Crippen LogP contribution in [-0.4, -0.2) is 24.4 Å². The summed E-state index contributed by atoms with van der Waals surface area (Å²) in [5, 5.41) is 1.56. The average molecular weight is 115 g/mol. The number of nitrogens with zero attached hydrogens (tertiary/aromatic N) is 2. The third-order valence-electron chi connectivity index (χ3n) is 0.845. The average Bonchev–Trinajstić information content (AvgIpc) is 1.67. The highest BCUT2D eigenvalue weighted by Crippen LogP contribution is 1.83. The van der Waals surface area contributed by atoms with Crippen LogP contribution in [0.3, 0.4) is 0 Å². The van der Waals surface area contributed by atoms with E-state index < -0.39 is 0 Å². The Bertz CT molecular complexity index is 77.7. The molecule has 8 heavy (non-hydrogen) atoms. The lowest BCUT2D eigenvalue weighted by atomic mass is 10.4. The zero-order valence-electron chi connectivity index (χ0n) is 5.63. The van der Waals surface area contributed by atoms with Crippen LogP contribution >= 0.6 is 0 Å². The molecule has 3 nitrogen and oxygen atoms in total. The summed E-state index contributed by atoms with van der Waals surface area (Å²) in [5.41, 5.74) is 0. The van der Waals surface area contributed by atoms with Crippen molar-refractivity contribution in [1.29, 1.82) is 0 Å². The van der Waals surface area contributed by atoms with E-state index in [1.165, 1.54) is 0 Å². The summed E-state index contributed by atoms with van der Waals surface area (Å²) in [7, 11) is 1.70. The van der Waals surface area contributed by atoms with E-state index in [0.717, 1.165) is 0 Å². The Hall–Kier alpha value is -0.570. The van der Waals surface area contributed by atoms with Crippen LogP contribution in [0, 0.1) is 0 Å². The van der Waals surface area contributed by atoms with Gasteiger partial charge in [-0.3, -0.25) is 10.0 Å². The molecule has 0 spiro atoms. The van der Waals surface area contributed by atoms with Gasteiger partial charge < -0.3 is 0 Å². The summed E-state index contributed by atoms with van der Waals surface area (Å²) in [6.07, 6.45) is 1.60. The summed E-state index contributed by atoms with van der Waals surface area (Å²) < 4.78 is 0. The monoisotopic (exact) mass is 115 g/mol. The van der Waals surface area contributed by atoms with Crippen molar-refractivity contribution < 1.29 is 0 Å². The first-order valence-electron chi connectivity index (χ1n) is 2.63. The van der Waals surface area contributed by atoms with E-state index in [4.69, 9.17) is 5.84 Å². The van der Waals surface area contributed by atoms with E-state index in [1.807, 2.05) is 13.8 Å². The zero-order chi connectivity index (χ0) is 6.57. The Morgan fingerprint density at radius 3 is 2.25 bits per heavy atom. The molecule has 0 unspecified atom stereocenters. The predicted octanol–water partition coefficient (Wildman–Crippen LogP) is 0.229. The minimum atomic E-state index is 0.332. The Morgan fingerprint density at radius 1 is 1.62 bits per heavy atom. The molecular weight excluding hydrogens is 102 g/mol. The van der Waals surface area contributed by atoms with Gasteiger partial charge >= 0.3 is 0 Å². The maximum absolute atomic E-state index is 5.41. The second kappa shape index (κ2) is 3.43. The highest BCUT2D eigenvalue weighted by molar-refractivity contribution is 5.53. The number of nitrogens with two attached hydrogens (primary N) is 1.